The smallest absolute Gasteiger partial charge is 0.0663 e. The molecule has 1 atom stereocenters. The molecule has 0 aliphatic heterocycles. The van der Waals surface area contributed by atoms with Crippen LogP contribution in [0.4, 0.5) is 5.69 Å². The van der Waals surface area contributed by atoms with Gasteiger partial charge in [-0.15, -0.1) is 0 Å². The molecule has 1 rings (SSSR count). The van der Waals surface area contributed by atoms with Gasteiger partial charge in [0.25, 0.3) is 0 Å². The average Bonchev–Trinajstić information content (AvgIpc) is 2.38. The molecule has 4 nitrogen and oxygen atoms in total. The molecular formula is C15H27N3O. The van der Waals surface area contributed by atoms with Gasteiger partial charge in [-0.3, -0.25) is 4.98 Å². The first-order chi connectivity index (χ1) is 9.06. The van der Waals surface area contributed by atoms with E-state index in [1.165, 1.54) is 11.3 Å². The number of methoxy groups -OCH3 is 1. The lowest BCUT2D eigenvalue weighted by Crippen LogP contribution is -2.34. The van der Waals surface area contributed by atoms with Gasteiger partial charge in [-0.2, -0.15) is 0 Å². The number of pyridine rings is 1. The van der Waals surface area contributed by atoms with Crippen molar-refractivity contribution in [3.8, 4) is 0 Å². The van der Waals surface area contributed by atoms with Crippen molar-refractivity contribution < 1.29 is 4.74 Å². The Morgan fingerprint density at radius 2 is 2.11 bits per heavy atom. The van der Waals surface area contributed by atoms with E-state index >= 15 is 0 Å². The summed E-state index contributed by atoms with van der Waals surface area (Å²) in [6, 6.07) is 2.41. The van der Waals surface area contributed by atoms with Gasteiger partial charge in [-0.1, -0.05) is 13.8 Å². The highest BCUT2D eigenvalue weighted by molar-refractivity contribution is 5.51. The molecule has 0 saturated carbocycles. The van der Waals surface area contributed by atoms with Gasteiger partial charge in [-0.25, -0.2) is 0 Å². The molecule has 4 heteroatoms. The van der Waals surface area contributed by atoms with Crippen molar-refractivity contribution in [1.82, 2.24) is 10.3 Å². The van der Waals surface area contributed by atoms with Gasteiger partial charge in [-0.05, 0) is 31.0 Å². The van der Waals surface area contributed by atoms with Crippen molar-refractivity contribution in [3.63, 3.8) is 0 Å². The van der Waals surface area contributed by atoms with Crippen LogP contribution < -0.4 is 10.2 Å². The first-order valence-electron chi connectivity index (χ1n) is 6.91. The number of ether oxygens (including phenoxy) is 1. The minimum atomic E-state index is 0.332. The van der Waals surface area contributed by atoms with Crippen LogP contribution >= 0.6 is 0 Å². The SMILES string of the molecule is COCC(C)N(C)c1cnccc1CNCC(C)C. The van der Waals surface area contributed by atoms with E-state index in [-0.39, 0.29) is 0 Å². The number of likely N-dealkylation sites (N-methyl/N-ethyl adjacent to an activating group) is 1. The van der Waals surface area contributed by atoms with Crippen molar-refractivity contribution in [1.29, 1.82) is 0 Å². The molecule has 0 bridgehead atoms. The first kappa shape index (κ1) is 15.9. The highest BCUT2D eigenvalue weighted by atomic mass is 16.5. The maximum atomic E-state index is 5.22. The molecule has 0 fully saturated rings. The maximum absolute atomic E-state index is 5.22. The van der Waals surface area contributed by atoms with Crippen LogP contribution in [-0.4, -0.2) is 38.3 Å². The molecule has 0 radical (unpaired) electrons. The molecule has 19 heavy (non-hydrogen) atoms. The van der Waals surface area contributed by atoms with Gasteiger partial charge < -0.3 is 15.0 Å². The van der Waals surface area contributed by atoms with Crippen molar-refractivity contribution in [2.75, 3.05) is 32.2 Å². The summed E-state index contributed by atoms with van der Waals surface area (Å²) >= 11 is 0. The van der Waals surface area contributed by atoms with Crippen molar-refractivity contribution in [2.45, 2.75) is 33.4 Å². The molecule has 0 aliphatic rings. The number of hydrogen-bond donors (Lipinski definition) is 1. The lowest BCUT2D eigenvalue weighted by Gasteiger charge is -2.28. The predicted octanol–water partition coefficient (Wildman–Crippen LogP) is 2.30. The highest BCUT2D eigenvalue weighted by Gasteiger charge is 2.13. The number of anilines is 1. The molecule has 0 aromatic carbocycles. The molecule has 1 aromatic rings. The number of nitrogens with zero attached hydrogens (tertiary/aromatic N) is 2. The molecule has 0 spiro atoms. The van der Waals surface area contributed by atoms with Gasteiger partial charge in [0.15, 0.2) is 0 Å². The van der Waals surface area contributed by atoms with Gasteiger partial charge >= 0.3 is 0 Å². The third-order valence-corrected chi connectivity index (χ3v) is 3.20. The maximum Gasteiger partial charge on any atom is 0.0663 e. The van der Waals surface area contributed by atoms with Crippen LogP contribution in [0.2, 0.25) is 0 Å². The summed E-state index contributed by atoms with van der Waals surface area (Å²) in [6.45, 7) is 9.20. The minimum absolute atomic E-state index is 0.332. The van der Waals surface area contributed by atoms with E-state index in [1.807, 2.05) is 12.4 Å². The summed E-state index contributed by atoms with van der Waals surface area (Å²) in [5.41, 5.74) is 2.45. The summed E-state index contributed by atoms with van der Waals surface area (Å²) in [4.78, 5) is 6.47. The fraction of sp³-hybridized carbons (Fsp3) is 0.667. The van der Waals surface area contributed by atoms with Gasteiger partial charge in [0.1, 0.15) is 0 Å². The average molecular weight is 265 g/mol. The van der Waals surface area contributed by atoms with Crippen LogP contribution in [0.25, 0.3) is 0 Å². The second-order valence-electron chi connectivity index (χ2n) is 5.44. The second kappa shape index (κ2) is 8.12. The molecule has 0 amide bonds. The van der Waals surface area contributed by atoms with Crippen LogP contribution in [0.3, 0.4) is 0 Å². The molecule has 1 unspecified atom stereocenters. The standard InChI is InChI=1S/C15H27N3O/c1-12(2)8-17-9-14-6-7-16-10-15(14)18(4)13(3)11-19-5/h6-7,10,12-13,17H,8-9,11H2,1-5H3. The lowest BCUT2D eigenvalue weighted by atomic mass is 10.1. The predicted molar refractivity (Wildman–Crippen MR) is 80.5 cm³/mol. The molecule has 1 aromatic heterocycles. The fourth-order valence-corrected chi connectivity index (χ4v) is 1.97. The number of rotatable bonds is 8. The normalized spacial score (nSPS) is 12.7. The first-order valence-corrected chi connectivity index (χ1v) is 6.91. The Bertz CT molecular complexity index is 368. The molecule has 0 aliphatic carbocycles. The fourth-order valence-electron chi connectivity index (χ4n) is 1.97. The second-order valence-corrected chi connectivity index (χ2v) is 5.44. The number of aromatic nitrogens is 1. The Hall–Kier alpha value is -1.13. The Balaban J connectivity index is 2.71. The number of nitrogens with one attached hydrogen (secondary N) is 1. The van der Waals surface area contributed by atoms with Crippen molar-refractivity contribution in [3.05, 3.63) is 24.0 Å². The van der Waals surface area contributed by atoms with Gasteiger partial charge in [0.2, 0.25) is 0 Å². The zero-order chi connectivity index (χ0) is 14.3. The number of hydrogen-bond acceptors (Lipinski definition) is 4. The summed E-state index contributed by atoms with van der Waals surface area (Å²) in [5.74, 6) is 0.662. The third-order valence-electron chi connectivity index (χ3n) is 3.20. The summed E-state index contributed by atoms with van der Waals surface area (Å²) in [6.07, 6.45) is 3.78. The van der Waals surface area contributed by atoms with Crippen molar-refractivity contribution >= 4 is 5.69 Å². The lowest BCUT2D eigenvalue weighted by molar-refractivity contribution is 0.183. The Morgan fingerprint density at radius 1 is 1.37 bits per heavy atom. The van der Waals surface area contributed by atoms with Crippen molar-refractivity contribution in [2.24, 2.45) is 5.92 Å². The topological polar surface area (TPSA) is 37.4 Å². The highest BCUT2D eigenvalue weighted by Crippen LogP contribution is 2.19. The van der Waals surface area contributed by atoms with E-state index in [0.717, 1.165) is 13.1 Å². The zero-order valence-corrected chi connectivity index (χ0v) is 12.8. The van der Waals surface area contributed by atoms with Crippen LogP contribution in [0, 0.1) is 5.92 Å². The van der Waals surface area contributed by atoms with Gasteiger partial charge in [0.05, 0.1) is 18.5 Å². The van der Waals surface area contributed by atoms with E-state index in [1.54, 1.807) is 7.11 Å². The largest absolute Gasteiger partial charge is 0.383 e. The quantitative estimate of drug-likeness (QED) is 0.782. The third kappa shape index (κ3) is 5.17. The molecule has 1 heterocycles. The zero-order valence-electron chi connectivity index (χ0n) is 12.8. The minimum Gasteiger partial charge on any atom is -0.383 e. The van der Waals surface area contributed by atoms with E-state index in [9.17, 15) is 0 Å². The van der Waals surface area contributed by atoms with E-state index in [4.69, 9.17) is 4.74 Å². The summed E-state index contributed by atoms with van der Waals surface area (Å²) in [5, 5.41) is 3.48. The Kier molecular flexibility index (Phi) is 6.81. The van der Waals surface area contributed by atoms with E-state index in [0.29, 0.717) is 18.6 Å². The van der Waals surface area contributed by atoms with Crippen LogP contribution in [-0.2, 0) is 11.3 Å². The van der Waals surface area contributed by atoms with Crippen LogP contribution in [0.15, 0.2) is 18.5 Å². The summed E-state index contributed by atoms with van der Waals surface area (Å²) in [7, 11) is 3.82. The molecular weight excluding hydrogens is 238 g/mol. The monoisotopic (exact) mass is 265 g/mol. The van der Waals surface area contributed by atoms with Crippen LogP contribution in [0.1, 0.15) is 26.3 Å². The van der Waals surface area contributed by atoms with Crippen LogP contribution in [0.5, 0.6) is 0 Å². The molecule has 1 N–H and O–H groups in total. The molecule has 0 saturated heterocycles. The van der Waals surface area contributed by atoms with E-state index in [2.05, 4.69) is 49.1 Å². The Morgan fingerprint density at radius 3 is 2.74 bits per heavy atom. The van der Waals surface area contributed by atoms with Gasteiger partial charge in [0, 0.05) is 32.9 Å². The summed E-state index contributed by atoms with van der Waals surface area (Å²) < 4.78 is 5.22. The Labute approximate surface area is 117 Å². The molecule has 108 valence electrons. The van der Waals surface area contributed by atoms with E-state index < -0.39 is 0 Å².